The van der Waals surface area contributed by atoms with E-state index in [2.05, 4.69) is 10.6 Å². The van der Waals surface area contributed by atoms with Gasteiger partial charge in [0, 0.05) is 19.5 Å². The minimum Gasteiger partial charge on any atom is -0.354 e. The Balaban J connectivity index is 0.00000441. The summed E-state index contributed by atoms with van der Waals surface area (Å²) in [6.07, 6.45) is 1.11. The van der Waals surface area contributed by atoms with Crippen LogP contribution in [-0.4, -0.2) is 24.4 Å². The maximum absolute atomic E-state index is 11.7. The highest BCUT2D eigenvalue weighted by molar-refractivity contribution is 5.85. The van der Waals surface area contributed by atoms with Crippen molar-refractivity contribution in [2.24, 2.45) is 11.7 Å². The maximum Gasteiger partial charge on any atom is 0.237 e. The van der Waals surface area contributed by atoms with Gasteiger partial charge in [-0.3, -0.25) is 9.59 Å². The van der Waals surface area contributed by atoms with E-state index >= 15 is 0 Å². The summed E-state index contributed by atoms with van der Waals surface area (Å²) >= 11 is 0. The molecule has 2 atom stereocenters. The van der Waals surface area contributed by atoms with E-state index < -0.39 is 6.04 Å². The topological polar surface area (TPSA) is 84.2 Å². The molecule has 124 valence electrons. The van der Waals surface area contributed by atoms with E-state index in [9.17, 15) is 9.59 Å². The number of carbonyl (C=O) groups is 2. The van der Waals surface area contributed by atoms with Gasteiger partial charge in [0.1, 0.15) is 0 Å². The molecule has 1 aromatic carbocycles. The molecule has 0 saturated carbocycles. The molecule has 4 N–H and O–H groups in total. The van der Waals surface area contributed by atoms with Crippen molar-refractivity contribution < 1.29 is 9.59 Å². The molecule has 1 rings (SSSR count). The Morgan fingerprint density at radius 2 is 1.82 bits per heavy atom. The SMILES string of the molecule is CCC(C)C(N)C(=O)NCCC(=O)NCc1ccccc1.Cl. The van der Waals surface area contributed by atoms with Crippen LogP contribution in [-0.2, 0) is 16.1 Å². The summed E-state index contributed by atoms with van der Waals surface area (Å²) in [4.78, 5) is 23.4. The summed E-state index contributed by atoms with van der Waals surface area (Å²) in [6.45, 7) is 4.75. The van der Waals surface area contributed by atoms with Gasteiger partial charge >= 0.3 is 0 Å². The van der Waals surface area contributed by atoms with Gasteiger partial charge in [-0.05, 0) is 11.5 Å². The van der Waals surface area contributed by atoms with Crippen molar-refractivity contribution in [1.82, 2.24) is 10.6 Å². The number of halogens is 1. The quantitative estimate of drug-likeness (QED) is 0.678. The number of nitrogens with two attached hydrogens (primary N) is 1. The summed E-state index contributed by atoms with van der Waals surface area (Å²) in [5.74, 6) is -0.145. The average Bonchev–Trinajstić information content (AvgIpc) is 2.52. The monoisotopic (exact) mass is 327 g/mol. The maximum atomic E-state index is 11.7. The molecule has 0 aliphatic rings. The van der Waals surface area contributed by atoms with Crippen LogP contribution in [0.25, 0.3) is 0 Å². The van der Waals surface area contributed by atoms with Crippen molar-refractivity contribution in [2.45, 2.75) is 39.3 Å². The van der Waals surface area contributed by atoms with E-state index in [1.807, 2.05) is 44.2 Å². The van der Waals surface area contributed by atoms with Crippen LogP contribution in [0.5, 0.6) is 0 Å². The Morgan fingerprint density at radius 1 is 1.18 bits per heavy atom. The predicted octanol–water partition coefficient (Wildman–Crippen LogP) is 1.60. The normalized spacial score (nSPS) is 12.7. The highest BCUT2D eigenvalue weighted by Gasteiger charge is 2.18. The number of hydrogen-bond acceptors (Lipinski definition) is 3. The molecule has 0 spiro atoms. The first-order valence-corrected chi connectivity index (χ1v) is 7.38. The Morgan fingerprint density at radius 3 is 2.41 bits per heavy atom. The lowest BCUT2D eigenvalue weighted by atomic mass is 9.99. The summed E-state index contributed by atoms with van der Waals surface area (Å²) in [7, 11) is 0. The zero-order chi connectivity index (χ0) is 15.7. The van der Waals surface area contributed by atoms with Gasteiger partial charge in [0.05, 0.1) is 6.04 Å². The minimum absolute atomic E-state index is 0. The second kappa shape index (κ2) is 11.0. The van der Waals surface area contributed by atoms with Crippen LogP contribution in [0.15, 0.2) is 30.3 Å². The number of nitrogens with one attached hydrogen (secondary N) is 2. The van der Waals surface area contributed by atoms with E-state index in [4.69, 9.17) is 5.73 Å². The van der Waals surface area contributed by atoms with Crippen LogP contribution < -0.4 is 16.4 Å². The van der Waals surface area contributed by atoms with Gasteiger partial charge in [-0.1, -0.05) is 50.6 Å². The fourth-order valence-electron chi connectivity index (χ4n) is 1.81. The van der Waals surface area contributed by atoms with Gasteiger partial charge in [-0.2, -0.15) is 0 Å². The average molecular weight is 328 g/mol. The second-order valence-electron chi connectivity index (χ2n) is 5.21. The lowest BCUT2D eigenvalue weighted by molar-refractivity contribution is -0.124. The summed E-state index contributed by atoms with van der Waals surface area (Å²) < 4.78 is 0. The molecule has 0 aromatic heterocycles. The summed E-state index contributed by atoms with van der Waals surface area (Å²) in [5, 5.41) is 5.52. The van der Waals surface area contributed by atoms with Crippen LogP contribution in [0.1, 0.15) is 32.3 Å². The number of amides is 2. The van der Waals surface area contributed by atoms with Gasteiger partial charge in [0.25, 0.3) is 0 Å². The molecule has 22 heavy (non-hydrogen) atoms. The van der Waals surface area contributed by atoms with Gasteiger partial charge in [-0.25, -0.2) is 0 Å². The fourth-order valence-corrected chi connectivity index (χ4v) is 1.81. The van der Waals surface area contributed by atoms with Crippen molar-refractivity contribution in [3.63, 3.8) is 0 Å². The zero-order valence-electron chi connectivity index (χ0n) is 13.2. The smallest absolute Gasteiger partial charge is 0.237 e. The van der Waals surface area contributed by atoms with Crippen LogP contribution in [0.2, 0.25) is 0 Å². The molecule has 1 aromatic rings. The van der Waals surface area contributed by atoms with Crippen molar-refractivity contribution in [2.75, 3.05) is 6.54 Å². The molecule has 0 aliphatic carbocycles. The third kappa shape index (κ3) is 7.43. The molecule has 2 unspecified atom stereocenters. The van der Waals surface area contributed by atoms with Crippen LogP contribution in [0.4, 0.5) is 0 Å². The molecule has 0 saturated heterocycles. The van der Waals surface area contributed by atoms with Crippen molar-refractivity contribution >= 4 is 24.2 Å². The molecule has 0 fully saturated rings. The van der Waals surface area contributed by atoms with Crippen molar-refractivity contribution in [3.8, 4) is 0 Å². The lowest BCUT2D eigenvalue weighted by Gasteiger charge is -2.17. The molecule has 0 aliphatic heterocycles. The van der Waals surface area contributed by atoms with E-state index in [1.54, 1.807) is 0 Å². The Hall–Kier alpha value is -1.59. The standard InChI is InChI=1S/C16H25N3O2.ClH/c1-3-12(2)15(17)16(21)18-10-9-14(20)19-11-13-7-5-4-6-8-13;/h4-8,12,15H,3,9-11,17H2,1-2H3,(H,18,21)(H,19,20);1H. The van der Waals surface area contributed by atoms with Crippen molar-refractivity contribution in [3.05, 3.63) is 35.9 Å². The Bertz CT molecular complexity index is 454. The molecule has 0 bridgehead atoms. The minimum atomic E-state index is -0.512. The summed E-state index contributed by atoms with van der Waals surface area (Å²) in [5.41, 5.74) is 6.86. The first-order chi connectivity index (χ1) is 10.0. The van der Waals surface area contributed by atoms with E-state index in [0.717, 1.165) is 12.0 Å². The third-order valence-electron chi connectivity index (χ3n) is 3.54. The number of benzene rings is 1. The fraction of sp³-hybridized carbons (Fsp3) is 0.500. The van der Waals surface area contributed by atoms with Gasteiger partial charge in [-0.15, -0.1) is 12.4 Å². The second-order valence-corrected chi connectivity index (χ2v) is 5.21. The summed E-state index contributed by atoms with van der Waals surface area (Å²) in [6, 6.07) is 9.18. The van der Waals surface area contributed by atoms with Crippen molar-refractivity contribution in [1.29, 1.82) is 0 Å². The van der Waals surface area contributed by atoms with Gasteiger partial charge in [0.15, 0.2) is 0 Å². The van der Waals surface area contributed by atoms with E-state index in [-0.39, 0.29) is 36.6 Å². The Kier molecular flexibility index (Phi) is 10.2. The molecule has 5 nitrogen and oxygen atoms in total. The van der Waals surface area contributed by atoms with E-state index in [1.165, 1.54) is 0 Å². The number of hydrogen-bond donors (Lipinski definition) is 3. The zero-order valence-corrected chi connectivity index (χ0v) is 14.0. The Labute approximate surface area is 138 Å². The first-order valence-electron chi connectivity index (χ1n) is 7.38. The molecule has 0 heterocycles. The predicted molar refractivity (Wildman–Crippen MR) is 90.6 cm³/mol. The highest BCUT2D eigenvalue weighted by atomic mass is 35.5. The van der Waals surface area contributed by atoms with Crippen LogP contribution >= 0.6 is 12.4 Å². The molecular weight excluding hydrogens is 302 g/mol. The van der Waals surface area contributed by atoms with Crippen LogP contribution in [0.3, 0.4) is 0 Å². The first kappa shape index (κ1) is 20.4. The largest absolute Gasteiger partial charge is 0.354 e. The molecule has 2 amide bonds. The number of rotatable bonds is 8. The molecule has 0 radical (unpaired) electrons. The highest BCUT2D eigenvalue weighted by Crippen LogP contribution is 2.04. The lowest BCUT2D eigenvalue weighted by Crippen LogP contribution is -2.45. The van der Waals surface area contributed by atoms with Gasteiger partial charge < -0.3 is 16.4 Å². The molecular formula is C16H26ClN3O2. The van der Waals surface area contributed by atoms with E-state index in [0.29, 0.717) is 13.1 Å². The molecule has 6 heteroatoms. The number of carbonyl (C=O) groups excluding carboxylic acids is 2. The third-order valence-corrected chi connectivity index (χ3v) is 3.54. The van der Waals surface area contributed by atoms with Gasteiger partial charge in [0.2, 0.25) is 11.8 Å². The van der Waals surface area contributed by atoms with Crippen LogP contribution in [0, 0.1) is 5.92 Å².